The molecule has 0 bridgehead atoms. The summed E-state index contributed by atoms with van der Waals surface area (Å²) in [6.07, 6.45) is 46.5. The molecule has 1 atom stereocenters. The minimum absolute atomic E-state index is 0.0697. The van der Waals surface area contributed by atoms with Crippen LogP contribution in [-0.4, -0.2) is 37.2 Å². The average Bonchev–Trinajstić information content (AvgIpc) is 3.17. The second-order valence-electron chi connectivity index (χ2n) is 16.0. The van der Waals surface area contributed by atoms with E-state index in [0.29, 0.717) is 19.3 Å². The lowest BCUT2D eigenvalue weighted by Gasteiger charge is -2.18. The van der Waals surface area contributed by atoms with Crippen LogP contribution in [0.5, 0.6) is 0 Å². The number of allylic oxidation sites excluding steroid dienone is 2. The van der Waals surface area contributed by atoms with Gasteiger partial charge in [-0.3, -0.25) is 14.4 Å². The zero-order chi connectivity index (χ0) is 39.4. The summed E-state index contributed by atoms with van der Waals surface area (Å²) >= 11 is 0. The quantitative estimate of drug-likeness (QED) is 0.0266. The highest BCUT2D eigenvalue weighted by Crippen LogP contribution is 2.16. The van der Waals surface area contributed by atoms with Crippen LogP contribution in [0.2, 0.25) is 0 Å². The maximum absolute atomic E-state index is 12.6. The molecule has 6 heteroatoms. The highest BCUT2D eigenvalue weighted by Gasteiger charge is 2.19. The van der Waals surface area contributed by atoms with E-state index in [0.717, 1.165) is 64.2 Å². The van der Waals surface area contributed by atoms with Gasteiger partial charge in [-0.1, -0.05) is 213 Å². The van der Waals surface area contributed by atoms with Crippen LogP contribution in [0.25, 0.3) is 0 Å². The Morgan fingerprint density at radius 1 is 0.352 bits per heavy atom. The Morgan fingerprint density at radius 3 is 0.981 bits per heavy atom. The van der Waals surface area contributed by atoms with Gasteiger partial charge in [0.05, 0.1) is 0 Å². The number of rotatable bonds is 43. The number of hydrogen-bond acceptors (Lipinski definition) is 6. The largest absolute Gasteiger partial charge is 0.462 e. The maximum Gasteiger partial charge on any atom is 0.306 e. The van der Waals surface area contributed by atoms with Crippen molar-refractivity contribution in [2.24, 2.45) is 0 Å². The Kier molecular flexibility index (Phi) is 42.4. The summed E-state index contributed by atoms with van der Waals surface area (Å²) in [5.41, 5.74) is 0. The molecule has 54 heavy (non-hydrogen) atoms. The Bertz CT molecular complexity index is 839. The number of esters is 3. The van der Waals surface area contributed by atoms with Gasteiger partial charge in [0.15, 0.2) is 6.10 Å². The molecule has 0 saturated carbocycles. The van der Waals surface area contributed by atoms with E-state index in [-0.39, 0.29) is 31.1 Å². The third-order valence-electron chi connectivity index (χ3n) is 10.5. The SMILES string of the molecule is CCCC/C=C\CCCCCCCC(=O)OC(COC(=O)CCCCCCCC)COC(=O)CCCCCCCCCCCCCCCCCCCCC. The van der Waals surface area contributed by atoms with Crippen molar-refractivity contribution in [1.82, 2.24) is 0 Å². The lowest BCUT2D eigenvalue weighted by Crippen LogP contribution is -2.30. The average molecular weight is 763 g/mol. The minimum atomic E-state index is -0.764. The molecule has 0 aromatic rings. The molecule has 0 aliphatic carbocycles. The van der Waals surface area contributed by atoms with Gasteiger partial charge in [0.25, 0.3) is 0 Å². The van der Waals surface area contributed by atoms with E-state index in [1.807, 2.05) is 0 Å². The van der Waals surface area contributed by atoms with E-state index in [2.05, 4.69) is 32.9 Å². The molecule has 0 aliphatic heterocycles. The molecule has 318 valence electrons. The third kappa shape index (κ3) is 41.3. The summed E-state index contributed by atoms with van der Waals surface area (Å²) in [6, 6.07) is 0. The van der Waals surface area contributed by atoms with Crippen LogP contribution in [0.4, 0.5) is 0 Å². The number of carbonyl (C=O) groups excluding carboxylic acids is 3. The summed E-state index contributed by atoms with van der Waals surface area (Å²) in [7, 11) is 0. The van der Waals surface area contributed by atoms with Gasteiger partial charge in [0, 0.05) is 19.3 Å². The Hall–Kier alpha value is -1.85. The fraction of sp³-hybridized carbons (Fsp3) is 0.896. The summed E-state index contributed by atoms with van der Waals surface area (Å²) < 4.78 is 16.6. The molecular weight excluding hydrogens is 673 g/mol. The van der Waals surface area contributed by atoms with Crippen molar-refractivity contribution >= 4 is 17.9 Å². The molecular formula is C48H90O6. The van der Waals surface area contributed by atoms with Crippen molar-refractivity contribution in [1.29, 1.82) is 0 Å². The first-order chi connectivity index (χ1) is 26.5. The van der Waals surface area contributed by atoms with E-state index in [1.54, 1.807) is 0 Å². The number of unbranched alkanes of at least 4 members (excludes halogenated alkanes) is 30. The first-order valence-electron chi connectivity index (χ1n) is 23.7. The highest BCUT2D eigenvalue weighted by atomic mass is 16.6. The van der Waals surface area contributed by atoms with Gasteiger partial charge in [-0.25, -0.2) is 0 Å². The van der Waals surface area contributed by atoms with Crippen molar-refractivity contribution in [2.75, 3.05) is 13.2 Å². The zero-order valence-electron chi connectivity index (χ0n) is 36.3. The summed E-state index contributed by atoms with van der Waals surface area (Å²) in [5, 5.41) is 0. The Balaban J connectivity index is 4.14. The van der Waals surface area contributed by atoms with Crippen LogP contribution in [0.3, 0.4) is 0 Å². The Morgan fingerprint density at radius 2 is 0.630 bits per heavy atom. The maximum atomic E-state index is 12.6. The topological polar surface area (TPSA) is 78.9 Å². The van der Waals surface area contributed by atoms with Crippen molar-refractivity contribution in [3.05, 3.63) is 12.2 Å². The van der Waals surface area contributed by atoms with Gasteiger partial charge in [-0.2, -0.15) is 0 Å². The fourth-order valence-electron chi connectivity index (χ4n) is 6.89. The summed E-state index contributed by atoms with van der Waals surface area (Å²) in [5.74, 6) is -0.880. The van der Waals surface area contributed by atoms with Crippen molar-refractivity contribution < 1.29 is 28.6 Å². The Labute approximate surface area is 335 Å². The lowest BCUT2D eigenvalue weighted by molar-refractivity contribution is -0.167. The molecule has 0 heterocycles. The van der Waals surface area contributed by atoms with Crippen molar-refractivity contribution in [3.8, 4) is 0 Å². The normalized spacial score (nSPS) is 12.0. The second-order valence-corrected chi connectivity index (χ2v) is 16.0. The molecule has 0 N–H and O–H groups in total. The van der Waals surface area contributed by atoms with Crippen LogP contribution in [0.15, 0.2) is 12.2 Å². The molecule has 0 fully saturated rings. The van der Waals surface area contributed by atoms with Crippen molar-refractivity contribution in [3.63, 3.8) is 0 Å². The van der Waals surface area contributed by atoms with Gasteiger partial charge in [0.1, 0.15) is 13.2 Å². The van der Waals surface area contributed by atoms with E-state index in [1.165, 1.54) is 154 Å². The van der Waals surface area contributed by atoms with Gasteiger partial charge in [-0.15, -0.1) is 0 Å². The molecule has 0 radical (unpaired) electrons. The summed E-state index contributed by atoms with van der Waals surface area (Å²) in [4.78, 5) is 37.5. The molecule has 0 aliphatic rings. The van der Waals surface area contributed by atoms with Gasteiger partial charge < -0.3 is 14.2 Å². The number of hydrogen-bond donors (Lipinski definition) is 0. The van der Waals surface area contributed by atoms with E-state index in [9.17, 15) is 14.4 Å². The standard InChI is InChI=1S/C48H90O6/c1-4-7-10-13-16-18-20-21-22-23-24-25-26-27-29-30-32-35-38-41-47(50)53-44-45(43-52-46(49)40-37-34-15-12-9-6-3)54-48(51)42-39-36-33-31-28-19-17-14-11-8-5-2/h14,17,45H,4-13,15-16,18-44H2,1-3H3/b17-14-. The predicted octanol–water partition coefficient (Wildman–Crippen LogP) is 15.0. The van der Waals surface area contributed by atoms with Crippen LogP contribution >= 0.6 is 0 Å². The fourth-order valence-corrected chi connectivity index (χ4v) is 6.89. The smallest absolute Gasteiger partial charge is 0.306 e. The summed E-state index contributed by atoms with van der Waals surface area (Å²) in [6.45, 7) is 6.55. The zero-order valence-corrected chi connectivity index (χ0v) is 36.3. The van der Waals surface area contributed by atoms with Crippen LogP contribution in [0, 0.1) is 0 Å². The first kappa shape index (κ1) is 52.2. The number of ether oxygens (including phenoxy) is 3. The van der Waals surface area contributed by atoms with Gasteiger partial charge in [0.2, 0.25) is 0 Å². The molecule has 6 nitrogen and oxygen atoms in total. The molecule has 0 rings (SSSR count). The van der Waals surface area contributed by atoms with Gasteiger partial charge in [-0.05, 0) is 38.5 Å². The van der Waals surface area contributed by atoms with E-state index >= 15 is 0 Å². The molecule has 0 aromatic carbocycles. The third-order valence-corrected chi connectivity index (χ3v) is 10.5. The van der Waals surface area contributed by atoms with E-state index < -0.39 is 6.10 Å². The van der Waals surface area contributed by atoms with Crippen LogP contribution in [-0.2, 0) is 28.6 Å². The molecule has 0 amide bonds. The number of carbonyl (C=O) groups is 3. The molecule has 0 saturated heterocycles. The predicted molar refractivity (Wildman–Crippen MR) is 229 cm³/mol. The first-order valence-corrected chi connectivity index (χ1v) is 23.7. The minimum Gasteiger partial charge on any atom is -0.462 e. The van der Waals surface area contributed by atoms with Gasteiger partial charge >= 0.3 is 17.9 Å². The second kappa shape index (κ2) is 43.9. The van der Waals surface area contributed by atoms with E-state index in [4.69, 9.17) is 14.2 Å². The molecule has 0 spiro atoms. The van der Waals surface area contributed by atoms with Crippen LogP contribution < -0.4 is 0 Å². The molecule has 1 unspecified atom stereocenters. The lowest BCUT2D eigenvalue weighted by atomic mass is 10.0. The van der Waals surface area contributed by atoms with Crippen LogP contribution in [0.1, 0.15) is 258 Å². The monoisotopic (exact) mass is 763 g/mol. The molecule has 0 aromatic heterocycles. The van der Waals surface area contributed by atoms with Crippen molar-refractivity contribution in [2.45, 2.75) is 264 Å². The highest BCUT2D eigenvalue weighted by molar-refractivity contribution is 5.71.